The average Bonchev–Trinajstić information content (AvgIpc) is 2.33. The van der Waals surface area contributed by atoms with Crippen molar-refractivity contribution in [1.29, 1.82) is 0 Å². The molecular formula is C12H22N2O4. The summed E-state index contributed by atoms with van der Waals surface area (Å²) >= 11 is 0. The Morgan fingerprint density at radius 3 is 2.56 bits per heavy atom. The number of urea groups is 1. The number of amides is 2. The molecule has 6 heteroatoms. The van der Waals surface area contributed by atoms with Crippen molar-refractivity contribution in [2.75, 3.05) is 26.8 Å². The molecule has 0 aliphatic heterocycles. The summed E-state index contributed by atoms with van der Waals surface area (Å²) in [6.07, 6.45) is 1.89. The molecule has 6 nitrogen and oxygen atoms in total. The van der Waals surface area contributed by atoms with E-state index in [4.69, 9.17) is 9.84 Å². The van der Waals surface area contributed by atoms with Crippen molar-refractivity contribution in [3.63, 3.8) is 0 Å². The van der Waals surface area contributed by atoms with E-state index < -0.39 is 17.5 Å². The number of carboxylic acid groups (broad SMARTS) is 1. The van der Waals surface area contributed by atoms with E-state index in [0.717, 1.165) is 0 Å². The first kappa shape index (κ1) is 16.4. The first-order chi connectivity index (χ1) is 8.41. The fourth-order valence-corrected chi connectivity index (χ4v) is 1.24. The summed E-state index contributed by atoms with van der Waals surface area (Å²) < 4.78 is 4.90. The molecule has 0 aromatic carbocycles. The van der Waals surface area contributed by atoms with Crippen molar-refractivity contribution in [3.8, 4) is 0 Å². The lowest BCUT2D eigenvalue weighted by Crippen LogP contribution is -2.56. The molecule has 1 atom stereocenters. The van der Waals surface area contributed by atoms with E-state index in [-0.39, 0.29) is 0 Å². The number of nitrogens with zero attached hydrogens (tertiary/aromatic N) is 1. The van der Waals surface area contributed by atoms with Crippen LogP contribution in [0.15, 0.2) is 12.7 Å². The first-order valence-electron chi connectivity index (χ1n) is 5.81. The van der Waals surface area contributed by atoms with E-state index in [9.17, 15) is 9.59 Å². The predicted octanol–water partition coefficient (Wildman–Crippen LogP) is 1.08. The van der Waals surface area contributed by atoms with E-state index in [0.29, 0.717) is 26.1 Å². The predicted molar refractivity (Wildman–Crippen MR) is 68.5 cm³/mol. The van der Waals surface area contributed by atoms with E-state index in [1.54, 1.807) is 13.0 Å². The smallest absolute Gasteiger partial charge is 0.329 e. The van der Waals surface area contributed by atoms with Gasteiger partial charge in [-0.25, -0.2) is 9.59 Å². The standard InChI is InChI=1S/C12H22N2O4/c1-5-7-14(8-9-18-4)11(17)13-12(3,6-2)10(15)16/h5H,1,6-9H2,2-4H3,(H,13,17)(H,15,16). The van der Waals surface area contributed by atoms with E-state index in [1.807, 2.05) is 0 Å². The van der Waals surface area contributed by atoms with Crippen LogP contribution in [0.25, 0.3) is 0 Å². The Bertz CT molecular complexity index is 306. The number of aliphatic carboxylic acids is 1. The molecule has 0 bridgehead atoms. The number of methoxy groups -OCH3 is 1. The second-order valence-corrected chi connectivity index (χ2v) is 4.15. The van der Waals surface area contributed by atoms with Crippen LogP contribution < -0.4 is 5.32 Å². The van der Waals surface area contributed by atoms with Crippen LogP contribution in [-0.4, -0.2) is 54.4 Å². The summed E-state index contributed by atoms with van der Waals surface area (Å²) in [6, 6.07) is -0.432. The topological polar surface area (TPSA) is 78.9 Å². The molecule has 0 heterocycles. The van der Waals surface area contributed by atoms with Crippen LogP contribution in [0.5, 0.6) is 0 Å². The molecule has 1 unspecified atom stereocenters. The second-order valence-electron chi connectivity index (χ2n) is 4.15. The van der Waals surface area contributed by atoms with Crippen LogP contribution in [0.1, 0.15) is 20.3 Å². The third-order valence-corrected chi connectivity index (χ3v) is 2.76. The Morgan fingerprint density at radius 2 is 2.17 bits per heavy atom. The first-order valence-corrected chi connectivity index (χ1v) is 5.81. The third-order valence-electron chi connectivity index (χ3n) is 2.76. The lowest BCUT2D eigenvalue weighted by atomic mass is 10.00. The maximum atomic E-state index is 12.0. The molecule has 0 saturated heterocycles. The van der Waals surface area contributed by atoms with Gasteiger partial charge in [0.1, 0.15) is 5.54 Å². The summed E-state index contributed by atoms with van der Waals surface area (Å²) in [5.41, 5.74) is -1.26. The van der Waals surface area contributed by atoms with Crippen molar-refractivity contribution in [2.45, 2.75) is 25.8 Å². The van der Waals surface area contributed by atoms with Crippen molar-refractivity contribution >= 4 is 12.0 Å². The van der Waals surface area contributed by atoms with Gasteiger partial charge in [-0.05, 0) is 13.3 Å². The molecule has 2 amide bonds. The van der Waals surface area contributed by atoms with Crippen LogP contribution in [0.4, 0.5) is 4.79 Å². The SMILES string of the molecule is C=CCN(CCOC)C(=O)NC(C)(CC)C(=O)O. The molecule has 0 radical (unpaired) electrons. The van der Waals surface area contributed by atoms with Crippen LogP contribution in [0.3, 0.4) is 0 Å². The van der Waals surface area contributed by atoms with E-state index in [2.05, 4.69) is 11.9 Å². The summed E-state index contributed by atoms with van der Waals surface area (Å²) in [4.78, 5) is 24.5. The number of hydrogen-bond acceptors (Lipinski definition) is 3. The second kappa shape index (κ2) is 7.71. The van der Waals surface area contributed by atoms with E-state index >= 15 is 0 Å². The minimum Gasteiger partial charge on any atom is -0.480 e. The van der Waals surface area contributed by atoms with Crippen molar-refractivity contribution in [2.24, 2.45) is 0 Å². The normalized spacial score (nSPS) is 13.5. The lowest BCUT2D eigenvalue weighted by molar-refractivity contribution is -0.143. The van der Waals surface area contributed by atoms with Crippen LogP contribution in [0, 0.1) is 0 Å². The average molecular weight is 258 g/mol. The van der Waals surface area contributed by atoms with Gasteiger partial charge in [0.05, 0.1) is 6.61 Å². The zero-order chi connectivity index (χ0) is 14.2. The Hall–Kier alpha value is -1.56. The summed E-state index contributed by atoms with van der Waals surface area (Å²) in [5.74, 6) is -1.05. The molecule has 0 spiro atoms. The zero-order valence-electron chi connectivity index (χ0n) is 11.2. The molecule has 0 aromatic heterocycles. The Morgan fingerprint density at radius 1 is 1.56 bits per heavy atom. The molecule has 0 aliphatic rings. The molecule has 18 heavy (non-hydrogen) atoms. The highest BCUT2D eigenvalue weighted by Crippen LogP contribution is 2.10. The molecule has 104 valence electrons. The van der Waals surface area contributed by atoms with Gasteiger partial charge in [0.25, 0.3) is 0 Å². The summed E-state index contributed by atoms with van der Waals surface area (Å²) in [7, 11) is 1.54. The van der Waals surface area contributed by atoms with Crippen molar-refractivity contribution in [1.82, 2.24) is 10.2 Å². The monoisotopic (exact) mass is 258 g/mol. The van der Waals surface area contributed by atoms with Crippen molar-refractivity contribution < 1.29 is 19.4 Å². The Balaban J connectivity index is 4.66. The summed E-state index contributed by atoms with van der Waals surface area (Å²) in [5, 5.41) is 11.6. The number of carbonyl (C=O) groups excluding carboxylic acids is 1. The van der Waals surface area contributed by atoms with Gasteiger partial charge in [-0.3, -0.25) is 0 Å². The molecular weight excluding hydrogens is 236 g/mol. The van der Waals surface area contributed by atoms with Gasteiger partial charge < -0.3 is 20.1 Å². The molecule has 0 fully saturated rings. The quantitative estimate of drug-likeness (QED) is 0.639. The number of ether oxygens (including phenoxy) is 1. The number of rotatable bonds is 8. The minimum absolute atomic E-state index is 0.306. The minimum atomic E-state index is -1.26. The number of carbonyl (C=O) groups is 2. The van der Waals surface area contributed by atoms with Gasteiger partial charge in [-0.1, -0.05) is 13.0 Å². The zero-order valence-corrected chi connectivity index (χ0v) is 11.2. The van der Waals surface area contributed by atoms with Gasteiger partial charge in [-0.15, -0.1) is 6.58 Å². The van der Waals surface area contributed by atoms with Gasteiger partial charge in [0.15, 0.2) is 0 Å². The highest BCUT2D eigenvalue weighted by atomic mass is 16.5. The number of hydrogen-bond donors (Lipinski definition) is 2. The van der Waals surface area contributed by atoms with E-state index in [1.165, 1.54) is 18.9 Å². The Kier molecular flexibility index (Phi) is 7.04. The molecule has 2 N–H and O–H groups in total. The Labute approximate surface area is 108 Å². The highest BCUT2D eigenvalue weighted by Gasteiger charge is 2.33. The fourth-order valence-electron chi connectivity index (χ4n) is 1.24. The summed E-state index contributed by atoms with van der Waals surface area (Å²) in [6.45, 7) is 7.87. The highest BCUT2D eigenvalue weighted by molar-refractivity contribution is 5.85. The van der Waals surface area contributed by atoms with Crippen LogP contribution in [0.2, 0.25) is 0 Å². The number of carboxylic acids is 1. The van der Waals surface area contributed by atoms with Crippen LogP contribution in [-0.2, 0) is 9.53 Å². The largest absolute Gasteiger partial charge is 0.480 e. The molecule has 0 rings (SSSR count). The number of nitrogens with one attached hydrogen (secondary N) is 1. The van der Waals surface area contributed by atoms with Gasteiger partial charge >= 0.3 is 12.0 Å². The molecule has 0 aromatic rings. The third kappa shape index (κ3) is 4.75. The molecule has 0 aliphatic carbocycles. The fraction of sp³-hybridized carbons (Fsp3) is 0.667. The maximum Gasteiger partial charge on any atom is 0.329 e. The molecule has 0 saturated carbocycles. The maximum absolute atomic E-state index is 12.0. The van der Waals surface area contributed by atoms with Crippen molar-refractivity contribution in [3.05, 3.63) is 12.7 Å². The lowest BCUT2D eigenvalue weighted by Gasteiger charge is -2.29. The van der Waals surface area contributed by atoms with Gasteiger partial charge in [-0.2, -0.15) is 0 Å². The van der Waals surface area contributed by atoms with Crippen LogP contribution >= 0.6 is 0 Å². The van der Waals surface area contributed by atoms with Gasteiger partial charge in [0.2, 0.25) is 0 Å². The van der Waals surface area contributed by atoms with Gasteiger partial charge in [0, 0.05) is 20.2 Å².